The molecule has 0 saturated carbocycles. The first-order valence-electron chi connectivity index (χ1n) is 11.9. The van der Waals surface area contributed by atoms with Crippen LogP contribution >= 0.6 is 0 Å². The van der Waals surface area contributed by atoms with Crippen molar-refractivity contribution in [3.63, 3.8) is 0 Å². The Labute approximate surface area is 197 Å². The third-order valence-electron chi connectivity index (χ3n) is 5.70. The molecular weight excluding hydrogens is 416 g/mol. The Hall–Kier alpha value is -2.70. The summed E-state index contributed by atoms with van der Waals surface area (Å²) in [6.45, 7) is 6.38. The quantitative estimate of drug-likeness (QED) is 0.349. The molecule has 0 spiro atoms. The van der Waals surface area contributed by atoms with Crippen molar-refractivity contribution in [3.8, 4) is 0 Å². The van der Waals surface area contributed by atoms with Crippen molar-refractivity contribution in [1.82, 2.24) is 10.6 Å². The van der Waals surface area contributed by atoms with Gasteiger partial charge in [0.1, 0.15) is 6.10 Å². The van der Waals surface area contributed by atoms with E-state index in [1.54, 1.807) is 0 Å². The van der Waals surface area contributed by atoms with Crippen molar-refractivity contribution in [2.24, 2.45) is 5.92 Å². The number of carbonyl (C=O) groups is 2. The molecule has 2 rings (SSSR count). The SMILES string of the molecule is CCCCNC(=O)[C@@H](O)[C@H](O)[C@H](CC(C)C)NC(=O)CC(c1ccccc1)c1ccccc1. The molecule has 0 aliphatic heterocycles. The zero-order chi connectivity index (χ0) is 24.2. The van der Waals surface area contributed by atoms with Crippen LogP contribution in [0, 0.1) is 5.92 Å². The molecule has 0 radical (unpaired) electrons. The average Bonchev–Trinajstić information content (AvgIpc) is 2.82. The Morgan fingerprint density at radius 3 is 1.94 bits per heavy atom. The van der Waals surface area contributed by atoms with Crippen molar-refractivity contribution in [3.05, 3.63) is 71.8 Å². The maximum Gasteiger partial charge on any atom is 0.251 e. The van der Waals surface area contributed by atoms with E-state index >= 15 is 0 Å². The summed E-state index contributed by atoms with van der Waals surface area (Å²) >= 11 is 0. The second-order valence-corrected chi connectivity index (χ2v) is 8.96. The van der Waals surface area contributed by atoms with E-state index in [1.165, 1.54) is 0 Å². The van der Waals surface area contributed by atoms with E-state index in [4.69, 9.17) is 0 Å². The van der Waals surface area contributed by atoms with Crippen LogP contribution in [0.2, 0.25) is 0 Å². The molecule has 0 fully saturated rings. The van der Waals surface area contributed by atoms with Gasteiger partial charge < -0.3 is 20.8 Å². The third kappa shape index (κ3) is 8.63. The summed E-state index contributed by atoms with van der Waals surface area (Å²) in [7, 11) is 0. The molecule has 2 aromatic carbocycles. The van der Waals surface area contributed by atoms with Crippen LogP contribution in [0.3, 0.4) is 0 Å². The predicted molar refractivity (Wildman–Crippen MR) is 131 cm³/mol. The lowest BCUT2D eigenvalue weighted by molar-refractivity contribution is -0.138. The molecule has 0 heterocycles. The topological polar surface area (TPSA) is 98.7 Å². The Balaban J connectivity index is 2.13. The zero-order valence-corrected chi connectivity index (χ0v) is 19.9. The molecule has 0 saturated heterocycles. The number of amides is 2. The summed E-state index contributed by atoms with van der Waals surface area (Å²) in [5.74, 6) is -0.854. The van der Waals surface area contributed by atoms with Crippen LogP contribution in [0.25, 0.3) is 0 Å². The molecule has 33 heavy (non-hydrogen) atoms. The standard InChI is InChI=1S/C27H38N2O4/c1-4-5-16-28-27(33)26(32)25(31)23(17-19(2)3)29-24(30)18-22(20-12-8-6-9-13-20)21-14-10-7-11-15-21/h6-15,19,22-23,25-26,31-32H,4-5,16-18H2,1-3H3,(H,28,33)(H,29,30)/t23-,25+,26-/m0/s1. The van der Waals surface area contributed by atoms with Gasteiger partial charge in [0.05, 0.1) is 6.04 Å². The highest BCUT2D eigenvalue weighted by atomic mass is 16.3. The lowest BCUT2D eigenvalue weighted by Gasteiger charge is -2.29. The van der Waals surface area contributed by atoms with Crippen molar-refractivity contribution in [2.75, 3.05) is 6.54 Å². The van der Waals surface area contributed by atoms with Crippen LogP contribution in [0.4, 0.5) is 0 Å². The van der Waals surface area contributed by atoms with Crippen LogP contribution in [0.1, 0.15) is 63.5 Å². The summed E-state index contributed by atoms with van der Waals surface area (Å²) in [6, 6.07) is 18.9. The van der Waals surface area contributed by atoms with Gasteiger partial charge in [0.25, 0.3) is 5.91 Å². The first kappa shape index (κ1) is 26.6. The maximum atomic E-state index is 13.1. The number of aliphatic hydroxyl groups is 2. The largest absolute Gasteiger partial charge is 0.388 e. The Morgan fingerprint density at radius 2 is 1.45 bits per heavy atom. The molecule has 0 aromatic heterocycles. The Morgan fingerprint density at radius 1 is 0.909 bits per heavy atom. The van der Waals surface area contributed by atoms with Gasteiger partial charge in [-0.25, -0.2) is 0 Å². The molecule has 4 N–H and O–H groups in total. The fourth-order valence-electron chi connectivity index (χ4n) is 3.91. The zero-order valence-electron chi connectivity index (χ0n) is 19.9. The van der Waals surface area contributed by atoms with Crippen molar-refractivity contribution in [2.45, 2.75) is 70.6 Å². The maximum absolute atomic E-state index is 13.1. The number of nitrogens with one attached hydrogen (secondary N) is 2. The Bertz CT molecular complexity index is 802. The van der Waals surface area contributed by atoms with Crippen molar-refractivity contribution in [1.29, 1.82) is 0 Å². The average molecular weight is 455 g/mol. The number of hydrogen-bond donors (Lipinski definition) is 4. The molecule has 0 aliphatic rings. The smallest absolute Gasteiger partial charge is 0.251 e. The van der Waals surface area contributed by atoms with E-state index in [1.807, 2.05) is 81.4 Å². The Kier molecular flexibility index (Phi) is 11.1. The molecule has 3 atom stereocenters. The van der Waals surface area contributed by atoms with E-state index in [9.17, 15) is 19.8 Å². The fraction of sp³-hybridized carbons (Fsp3) is 0.481. The molecule has 0 bridgehead atoms. The molecular formula is C27H38N2O4. The number of unbranched alkanes of at least 4 members (excludes halogenated alkanes) is 1. The summed E-state index contributed by atoms with van der Waals surface area (Å²) in [6.07, 6.45) is -0.674. The number of hydrogen-bond acceptors (Lipinski definition) is 4. The fourth-order valence-corrected chi connectivity index (χ4v) is 3.91. The van der Waals surface area contributed by atoms with Crippen LogP contribution in [-0.2, 0) is 9.59 Å². The van der Waals surface area contributed by atoms with Gasteiger partial charge in [-0.3, -0.25) is 9.59 Å². The highest BCUT2D eigenvalue weighted by molar-refractivity contribution is 5.82. The monoisotopic (exact) mass is 454 g/mol. The van der Waals surface area contributed by atoms with Crippen LogP contribution in [0.15, 0.2) is 60.7 Å². The van der Waals surface area contributed by atoms with E-state index in [0.29, 0.717) is 13.0 Å². The molecule has 6 nitrogen and oxygen atoms in total. The lowest BCUT2D eigenvalue weighted by Crippen LogP contribution is -2.54. The second kappa shape index (κ2) is 13.8. The summed E-state index contributed by atoms with van der Waals surface area (Å²) in [4.78, 5) is 25.3. The number of aliphatic hydroxyl groups excluding tert-OH is 2. The van der Waals surface area contributed by atoms with E-state index < -0.39 is 24.2 Å². The minimum atomic E-state index is -1.61. The van der Waals surface area contributed by atoms with Gasteiger partial charge in [-0.15, -0.1) is 0 Å². The van der Waals surface area contributed by atoms with Gasteiger partial charge in [-0.2, -0.15) is 0 Å². The summed E-state index contributed by atoms with van der Waals surface area (Å²) < 4.78 is 0. The number of benzene rings is 2. The van der Waals surface area contributed by atoms with Crippen LogP contribution in [0.5, 0.6) is 0 Å². The molecule has 0 unspecified atom stereocenters. The van der Waals surface area contributed by atoms with Crippen molar-refractivity contribution >= 4 is 11.8 Å². The molecule has 180 valence electrons. The first-order chi connectivity index (χ1) is 15.8. The van der Waals surface area contributed by atoms with Gasteiger partial charge in [0.15, 0.2) is 6.10 Å². The van der Waals surface area contributed by atoms with Gasteiger partial charge in [0, 0.05) is 18.9 Å². The number of rotatable bonds is 13. The van der Waals surface area contributed by atoms with Gasteiger partial charge in [-0.1, -0.05) is 87.9 Å². The van der Waals surface area contributed by atoms with E-state index in [2.05, 4.69) is 10.6 Å². The normalized spacial score (nSPS) is 14.0. The van der Waals surface area contributed by atoms with Gasteiger partial charge in [-0.05, 0) is 29.9 Å². The van der Waals surface area contributed by atoms with Gasteiger partial charge in [0.2, 0.25) is 5.91 Å². The lowest BCUT2D eigenvalue weighted by atomic mass is 9.88. The summed E-state index contributed by atoms with van der Waals surface area (Å²) in [5, 5.41) is 26.7. The molecule has 6 heteroatoms. The van der Waals surface area contributed by atoms with Crippen molar-refractivity contribution < 1.29 is 19.8 Å². The second-order valence-electron chi connectivity index (χ2n) is 8.96. The predicted octanol–water partition coefficient (Wildman–Crippen LogP) is 3.38. The number of carbonyl (C=O) groups excluding carboxylic acids is 2. The van der Waals surface area contributed by atoms with E-state index in [0.717, 1.165) is 24.0 Å². The van der Waals surface area contributed by atoms with Gasteiger partial charge >= 0.3 is 0 Å². The minimum Gasteiger partial charge on any atom is -0.388 e. The van der Waals surface area contributed by atoms with E-state index in [-0.39, 0.29) is 24.2 Å². The van der Waals surface area contributed by atoms with Crippen LogP contribution < -0.4 is 10.6 Å². The molecule has 0 aliphatic carbocycles. The highest BCUT2D eigenvalue weighted by Crippen LogP contribution is 2.28. The van der Waals surface area contributed by atoms with Crippen LogP contribution in [-0.4, -0.2) is 46.8 Å². The minimum absolute atomic E-state index is 0.147. The third-order valence-corrected chi connectivity index (χ3v) is 5.70. The molecule has 2 amide bonds. The highest BCUT2D eigenvalue weighted by Gasteiger charge is 2.33. The molecule has 2 aromatic rings. The summed E-state index contributed by atoms with van der Waals surface area (Å²) in [5.41, 5.74) is 2.05. The first-order valence-corrected chi connectivity index (χ1v) is 11.9.